The number of aliphatic carboxylic acids is 1. The first-order valence-electron chi connectivity index (χ1n) is 10.5. The van der Waals surface area contributed by atoms with Crippen LogP contribution in [0.4, 0.5) is 0 Å². The van der Waals surface area contributed by atoms with Crippen molar-refractivity contribution in [3.63, 3.8) is 0 Å². The SMILES string of the molecule is COc1ccc(CC(OC(C)C)C(=O)O)cc1OCCOc1ccc(C(C)(C)C)cc1. The van der Waals surface area contributed by atoms with Crippen LogP contribution in [-0.4, -0.2) is 43.6 Å². The average molecular weight is 431 g/mol. The van der Waals surface area contributed by atoms with Gasteiger partial charge in [0.2, 0.25) is 0 Å². The summed E-state index contributed by atoms with van der Waals surface area (Å²) in [5.74, 6) is 0.917. The van der Waals surface area contributed by atoms with Crippen LogP contribution in [-0.2, 0) is 21.4 Å². The van der Waals surface area contributed by atoms with E-state index in [4.69, 9.17) is 18.9 Å². The largest absolute Gasteiger partial charge is 0.493 e. The monoisotopic (exact) mass is 430 g/mol. The predicted molar refractivity (Wildman–Crippen MR) is 120 cm³/mol. The van der Waals surface area contributed by atoms with Crippen LogP contribution in [0, 0.1) is 0 Å². The minimum Gasteiger partial charge on any atom is -0.493 e. The molecule has 0 heterocycles. The van der Waals surface area contributed by atoms with Crippen LogP contribution in [0.5, 0.6) is 17.2 Å². The lowest BCUT2D eigenvalue weighted by molar-refractivity contribution is -0.153. The highest BCUT2D eigenvalue weighted by Gasteiger charge is 2.21. The average Bonchev–Trinajstić information content (AvgIpc) is 2.70. The first kappa shape index (κ1) is 24.5. The molecule has 1 atom stereocenters. The Morgan fingerprint density at radius 3 is 2.16 bits per heavy atom. The van der Waals surface area contributed by atoms with Crippen molar-refractivity contribution in [2.24, 2.45) is 0 Å². The number of carbonyl (C=O) groups is 1. The normalized spacial score (nSPS) is 12.5. The number of carboxylic acids is 1. The second-order valence-corrected chi connectivity index (χ2v) is 8.67. The molecule has 1 N–H and O–H groups in total. The van der Waals surface area contributed by atoms with E-state index in [1.807, 2.05) is 32.0 Å². The van der Waals surface area contributed by atoms with E-state index in [1.54, 1.807) is 19.2 Å². The second kappa shape index (κ2) is 11.0. The summed E-state index contributed by atoms with van der Waals surface area (Å²) in [5, 5.41) is 9.40. The molecular weight excluding hydrogens is 396 g/mol. The van der Waals surface area contributed by atoms with Crippen LogP contribution in [0.25, 0.3) is 0 Å². The first-order chi connectivity index (χ1) is 14.6. The summed E-state index contributed by atoms with van der Waals surface area (Å²) in [6.07, 6.45) is -0.852. The number of rotatable bonds is 11. The topological polar surface area (TPSA) is 74.2 Å². The van der Waals surface area contributed by atoms with Crippen molar-refractivity contribution in [1.82, 2.24) is 0 Å². The Morgan fingerprint density at radius 1 is 0.968 bits per heavy atom. The molecule has 0 aromatic heterocycles. The summed E-state index contributed by atoms with van der Waals surface area (Å²) in [6, 6.07) is 13.4. The van der Waals surface area contributed by atoms with Crippen LogP contribution < -0.4 is 14.2 Å². The molecule has 170 valence electrons. The maximum atomic E-state index is 11.5. The van der Waals surface area contributed by atoms with Gasteiger partial charge in [-0.2, -0.15) is 0 Å². The Kier molecular flexibility index (Phi) is 8.75. The molecule has 0 fully saturated rings. The molecule has 31 heavy (non-hydrogen) atoms. The van der Waals surface area contributed by atoms with Crippen LogP contribution in [0.3, 0.4) is 0 Å². The Morgan fingerprint density at radius 2 is 1.61 bits per heavy atom. The molecule has 6 heteroatoms. The van der Waals surface area contributed by atoms with Crippen LogP contribution in [0.2, 0.25) is 0 Å². The van der Waals surface area contributed by atoms with Gasteiger partial charge in [-0.1, -0.05) is 39.0 Å². The fourth-order valence-electron chi connectivity index (χ4n) is 3.06. The number of hydrogen-bond donors (Lipinski definition) is 1. The van der Waals surface area contributed by atoms with E-state index < -0.39 is 12.1 Å². The molecule has 0 saturated heterocycles. The molecule has 0 aliphatic carbocycles. The van der Waals surface area contributed by atoms with Gasteiger partial charge in [0.05, 0.1) is 13.2 Å². The number of methoxy groups -OCH3 is 1. The highest BCUT2D eigenvalue weighted by molar-refractivity contribution is 5.72. The van der Waals surface area contributed by atoms with Crippen LogP contribution in [0.15, 0.2) is 42.5 Å². The van der Waals surface area contributed by atoms with E-state index >= 15 is 0 Å². The van der Waals surface area contributed by atoms with Gasteiger partial charge < -0.3 is 24.1 Å². The quantitative estimate of drug-likeness (QED) is 0.513. The zero-order valence-corrected chi connectivity index (χ0v) is 19.3. The standard InChI is InChI=1S/C25H34O6/c1-17(2)31-23(24(26)27)16-18-7-12-21(28-6)22(15-18)30-14-13-29-20-10-8-19(9-11-20)25(3,4)5/h7-12,15,17,23H,13-14,16H2,1-6H3,(H,26,27). The third-order valence-electron chi connectivity index (χ3n) is 4.69. The van der Waals surface area contributed by atoms with Gasteiger partial charge in [0.15, 0.2) is 17.6 Å². The predicted octanol–water partition coefficient (Wildman–Crippen LogP) is 4.87. The van der Waals surface area contributed by atoms with E-state index in [0.29, 0.717) is 24.7 Å². The number of benzene rings is 2. The van der Waals surface area contributed by atoms with E-state index in [9.17, 15) is 9.90 Å². The molecule has 0 aliphatic heterocycles. The lowest BCUT2D eigenvalue weighted by atomic mass is 9.87. The molecule has 0 radical (unpaired) electrons. The lowest BCUT2D eigenvalue weighted by Gasteiger charge is -2.19. The van der Waals surface area contributed by atoms with Crippen LogP contribution >= 0.6 is 0 Å². The van der Waals surface area contributed by atoms with Gasteiger partial charge in [0, 0.05) is 6.42 Å². The minimum atomic E-state index is -0.988. The van der Waals surface area contributed by atoms with Crippen molar-refractivity contribution in [2.45, 2.75) is 58.7 Å². The van der Waals surface area contributed by atoms with Gasteiger partial charge in [0.1, 0.15) is 19.0 Å². The molecule has 2 rings (SSSR count). The molecule has 2 aromatic rings. The second-order valence-electron chi connectivity index (χ2n) is 8.67. The molecule has 0 amide bonds. The molecule has 0 saturated carbocycles. The molecule has 0 bridgehead atoms. The molecule has 1 unspecified atom stereocenters. The zero-order chi connectivity index (χ0) is 23.0. The Bertz CT molecular complexity index is 836. The van der Waals surface area contributed by atoms with Crippen molar-refractivity contribution in [3.05, 3.63) is 53.6 Å². The Labute approximate surface area is 185 Å². The zero-order valence-electron chi connectivity index (χ0n) is 19.3. The van der Waals surface area contributed by atoms with Gasteiger partial charge in [-0.15, -0.1) is 0 Å². The molecular formula is C25H34O6. The third kappa shape index (κ3) is 7.79. The number of hydrogen-bond acceptors (Lipinski definition) is 5. The van der Waals surface area contributed by atoms with E-state index in [-0.39, 0.29) is 17.9 Å². The smallest absolute Gasteiger partial charge is 0.333 e. The van der Waals surface area contributed by atoms with E-state index in [1.165, 1.54) is 5.56 Å². The van der Waals surface area contributed by atoms with Crippen LogP contribution in [0.1, 0.15) is 45.7 Å². The summed E-state index contributed by atoms with van der Waals surface area (Å²) in [5.41, 5.74) is 2.14. The third-order valence-corrected chi connectivity index (χ3v) is 4.69. The fraction of sp³-hybridized carbons (Fsp3) is 0.480. The molecule has 0 aliphatic rings. The molecule has 2 aromatic carbocycles. The summed E-state index contributed by atoms with van der Waals surface area (Å²) < 4.78 is 22.5. The highest BCUT2D eigenvalue weighted by atomic mass is 16.5. The van der Waals surface area contributed by atoms with E-state index in [2.05, 4.69) is 32.9 Å². The summed E-state index contributed by atoms with van der Waals surface area (Å²) in [7, 11) is 1.57. The van der Waals surface area contributed by atoms with Gasteiger partial charge in [-0.25, -0.2) is 4.79 Å². The summed E-state index contributed by atoms with van der Waals surface area (Å²) >= 11 is 0. The summed E-state index contributed by atoms with van der Waals surface area (Å²) in [4.78, 5) is 11.5. The van der Waals surface area contributed by atoms with Gasteiger partial charge in [0.25, 0.3) is 0 Å². The summed E-state index contributed by atoms with van der Waals surface area (Å²) in [6.45, 7) is 10.8. The van der Waals surface area contributed by atoms with Crippen molar-refractivity contribution >= 4 is 5.97 Å². The Balaban J connectivity index is 1.96. The first-order valence-corrected chi connectivity index (χ1v) is 10.5. The van der Waals surface area contributed by atoms with E-state index in [0.717, 1.165) is 11.3 Å². The molecule has 0 spiro atoms. The number of ether oxygens (including phenoxy) is 4. The maximum absolute atomic E-state index is 11.5. The molecule has 6 nitrogen and oxygen atoms in total. The van der Waals surface area contributed by atoms with Crippen molar-refractivity contribution in [3.8, 4) is 17.2 Å². The van der Waals surface area contributed by atoms with Crippen molar-refractivity contribution in [1.29, 1.82) is 0 Å². The fourth-order valence-corrected chi connectivity index (χ4v) is 3.06. The van der Waals surface area contributed by atoms with Crippen molar-refractivity contribution < 1.29 is 28.8 Å². The van der Waals surface area contributed by atoms with Gasteiger partial charge in [-0.3, -0.25) is 0 Å². The Hall–Kier alpha value is -2.73. The highest BCUT2D eigenvalue weighted by Crippen LogP contribution is 2.29. The van der Waals surface area contributed by atoms with Gasteiger partial charge in [-0.05, 0) is 54.7 Å². The van der Waals surface area contributed by atoms with Gasteiger partial charge >= 0.3 is 5.97 Å². The maximum Gasteiger partial charge on any atom is 0.333 e. The van der Waals surface area contributed by atoms with Crippen molar-refractivity contribution in [2.75, 3.05) is 20.3 Å². The number of carboxylic acid groups (broad SMARTS) is 1. The lowest BCUT2D eigenvalue weighted by Crippen LogP contribution is -2.29. The minimum absolute atomic E-state index is 0.100.